The summed E-state index contributed by atoms with van der Waals surface area (Å²) < 4.78 is 54.2. The van der Waals surface area contributed by atoms with Crippen molar-refractivity contribution in [3.05, 3.63) is 87.4 Å². The van der Waals surface area contributed by atoms with Crippen LogP contribution in [0.3, 0.4) is 0 Å². The van der Waals surface area contributed by atoms with E-state index in [1.54, 1.807) is 0 Å². The highest BCUT2D eigenvalue weighted by molar-refractivity contribution is 6.53. The predicted molar refractivity (Wildman–Crippen MR) is 131 cm³/mol. The van der Waals surface area contributed by atoms with Crippen LogP contribution < -0.4 is 16.4 Å². The lowest BCUT2D eigenvalue weighted by Crippen LogP contribution is -2.19. The highest BCUT2D eigenvalue weighted by atomic mass is 35.5. The Bertz CT molecular complexity index is 1420. The fourth-order valence-corrected chi connectivity index (χ4v) is 4.85. The number of alkyl halides is 2. The van der Waals surface area contributed by atoms with Crippen LogP contribution >= 0.6 is 34.8 Å². The van der Waals surface area contributed by atoms with Crippen molar-refractivity contribution in [1.29, 1.82) is 0 Å². The van der Waals surface area contributed by atoms with E-state index in [4.69, 9.17) is 40.5 Å². The average Bonchev–Trinajstić information content (AvgIpc) is 3.40. The van der Waals surface area contributed by atoms with Gasteiger partial charge in [0.2, 0.25) is 5.91 Å². The highest BCUT2D eigenvalue weighted by Gasteiger charge is 2.67. The number of hydrogen-bond acceptors (Lipinski definition) is 3. The largest absolute Gasteiger partial charge is 0.394 e. The normalized spacial score (nSPS) is 18.0. The molecule has 36 heavy (non-hydrogen) atoms. The Labute approximate surface area is 217 Å². The molecule has 3 aromatic carbocycles. The second-order valence-electron chi connectivity index (χ2n) is 8.20. The van der Waals surface area contributed by atoms with Gasteiger partial charge in [0.05, 0.1) is 16.6 Å². The number of nitrogen functional groups attached to an aromatic ring is 1. The van der Waals surface area contributed by atoms with Gasteiger partial charge in [-0.25, -0.2) is 17.6 Å². The van der Waals surface area contributed by atoms with E-state index < -0.39 is 62.6 Å². The molecule has 0 spiro atoms. The second kappa shape index (κ2) is 9.46. The van der Waals surface area contributed by atoms with Crippen LogP contribution in [0.5, 0.6) is 0 Å². The maximum Gasteiger partial charge on any atom is 0.256 e. The number of rotatable bonds is 5. The van der Waals surface area contributed by atoms with Gasteiger partial charge in [0.15, 0.2) is 5.82 Å². The quantitative estimate of drug-likeness (QED) is 0.188. The molecule has 1 aliphatic rings. The Balaban J connectivity index is 1.56. The number of amides is 2. The summed E-state index contributed by atoms with van der Waals surface area (Å²) >= 11 is 18.4. The highest BCUT2D eigenvalue weighted by Crippen LogP contribution is 2.65. The first-order chi connectivity index (χ1) is 16.8. The Morgan fingerprint density at radius 3 is 2.28 bits per heavy atom. The molecule has 2 unspecified atom stereocenters. The van der Waals surface area contributed by atoms with E-state index in [-0.39, 0.29) is 21.8 Å². The minimum atomic E-state index is -1.53. The molecule has 1 fully saturated rings. The van der Waals surface area contributed by atoms with Crippen molar-refractivity contribution in [1.82, 2.24) is 0 Å². The van der Waals surface area contributed by atoms with Crippen molar-refractivity contribution in [3.8, 4) is 0 Å². The first-order valence-corrected chi connectivity index (χ1v) is 11.4. The van der Waals surface area contributed by atoms with Gasteiger partial charge in [0.25, 0.3) is 5.91 Å². The van der Waals surface area contributed by atoms with Gasteiger partial charge in [0.1, 0.15) is 27.5 Å². The molecule has 4 rings (SSSR count). The van der Waals surface area contributed by atoms with E-state index in [1.807, 2.05) is 0 Å². The molecule has 1 saturated carbocycles. The number of halogens is 7. The van der Waals surface area contributed by atoms with Gasteiger partial charge in [-0.05, 0) is 54.4 Å². The first kappa shape index (κ1) is 26.1. The molecule has 2 atom stereocenters. The van der Waals surface area contributed by atoms with Crippen LogP contribution in [0.4, 0.5) is 34.6 Å². The van der Waals surface area contributed by atoms with E-state index in [0.717, 1.165) is 24.3 Å². The van der Waals surface area contributed by atoms with Gasteiger partial charge >= 0.3 is 0 Å². The van der Waals surface area contributed by atoms with Crippen LogP contribution in [0.25, 0.3) is 0 Å². The second-order valence-corrected chi connectivity index (χ2v) is 10.1. The summed E-state index contributed by atoms with van der Waals surface area (Å²) in [6.07, 6.45) is 0. The van der Waals surface area contributed by atoms with Crippen molar-refractivity contribution in [2.24, 2.45) is 5.92 Å². The number of nitrogens with two attached hydrogens (primary N) is 1. The van der Waals surface area contributed by atoms with Gasteiger partial charge in [-0.15, -0.1) is 23.2 Å². The number of benzene rings is 3. The van der Waals surface area contributed by atoms with Gasteiger partial charge in [-0.3, -0.25) is 9.59 Å². The summed E-state index contributed by atoms with van der Waals surface area (Å²) in [6.45, 7) is 1.31. The van der Waals surface area contributed by atoms with E-state index in [2.05, 4.69) is 10.6 Å². The van der Waals surface area contributed by atoms with Crippen molar-refractivity contribution in [2.75, 3.05) is 16.4 Å². The third-order valence-corrected chi connectivity index (χ3v) is 7.10. The summed E-state index contributed by atoms with van der Waals surface area (Å²) in [5, 5.41) is 4.50. The zero-order valence-electron chi connectivity index (χ0n) is 18.2. The van der Waals surface area contributed by atoms with E-state index in [9.17, 15) is 27.2 Å². The zero-order chi connectivity index (χ0) is 26.5. The molecule has 5 nitrogen and oxygen atoms in total. The van der Waals surface area contributed by atoms with Crippen molar-refractivity contribution in [3.63, 3.8) is 0 Å². The van der Waals surface area contributed by atoms with E-state index in [1.165, 1.54) is 25.1 Å². The zero-order valence-corrected chi connectivity index (χ0v) is 20.5. The summed E-state index contributed by atoms with van der Waals surface area (Å²) in [7, 11) is 0. The summed E-state index contributed by atoms with van der Waals surface area (Å²) in [4.78, 5) is 25.6. The molecule has 2 amide bonds. The van der Waals surface area contributed by atoms with Crippen molar-refractivity contribution in [2.45, 2.75) is 17.2 Å². The van der Waals surface area contributed by atoms with Crippen LogP contribution in [0, 0.1) is 36.1 Å². The first-order valence-electron chi connectivity index (χ1n) is 10.3. The molecule has 0 aliphatic heterocycles. The summed E-state index contributed by atoms with van der Waals surface area (Å²) in [5.41, 5.74) is 4.11. The number of carbonyl (C=O) groups is 2. The molecule has 0 radical (unpaired) electrons. The average molecular weight is 561 g/mol. The number of anilines is 3. The van der Waals surface area contributed by atoms with Crippen LogP contribution in [0.1, 0.15) is 27.4 Å². The van der Waals surface area contributed by atoms with Crippen LogP contribution in [-0.4, -0.2) is 16.1 Å². The predicted octanol–water partition coefficient (Wildman–Crippen LogP) is 6.57. The molecule has 0 aromatic heterocycles. The third-order valence-electron chi connectivity index (χ3n) is 5.87. The van der Waals surface area contributed by atoms with Gasteiger partial charge < -0.3 is 16.4 Å². The van der Waals surface area contributed by atoms with Gasteiger partial charge in [0, 0.05) is 17.2 Å². The summed E-state index contributed by atoms with van der Waals surface area (Å²) in [5.74, 6) is -7.00. The molecule has 188 valence electrons. The minimum Gasteiger partial charge on any atom is -0.394 e. The number of carbonyl (C=O) groups excluding carboxylic acids is 2. The molecule has 1 aliphatic carbocycles. The molecule has 4 N–H and O–H groups in total. The van der Waals surface area contributed by atoms with Gasteiger partial charge in [-0.1, -0.05) is 17.7 Å². The lowest BCUT2D eigenvalue weighted by Gasteiger charge is -2.13. The van der Waals surface area contributed by atoms with Crippen LogP contribution in [-0.2, 0) is 4.79 Å². The maximum absolute atomic E-state index is 14.6. The molecular weight excluding hydrogens is 545 g/mol. The molecule has 0 bridgehead atoms. The maximum atomic E-state index is 14.6. The Kier molecular flexibility index (Phi) is 6.85. The monoisotopic (exact) mass is 559 g/mol. The molecular formula is C24H16Cl3F4N3O2. The topological polar surface area (TPSA) is 84.2 Å². The van der Waals surface area contributed by atoms with Crippen LogP contribution in [0.15, 0.2) is 42.5 Å². The minimum absolute atomic E-state index is 0.0877. The van der Waals surface area contributed by atoms with Crippen molar-refractivity contribution >= 4 is 63.7 Å². The fourth-order valence-electron chi connectivity index (χ4n) is 3.84. The lowest BCUT2D eigenvalue weighted by atomic mass is 10.1. The van der Waals surface area contributed by atoms with E-state index in [0.29, 0.717) is 5.56 Å². The molecule has 12 heteroatoms. The number of nitrogens with one attached hydrogen (secondary N) is 2. The van der Waals surface area contributed by atoms with E-state index >= 15 is 0 Å². The lowest BCUT2D eigenvalue weighted by molar-refractivity contribution is -0.117. The standard InChI is InChI=1S/C24H16Cl3F4N3O2/c1-9-12(22(35)34-17-5-4-15(29)21(32)20(17)31)7-11(8-16(9)30)33-23(36)19-18(24(19,26)27)10-2-3-14(28)13(25)6-10/h2-8,18-19H,32H2,1H3,(H,33,36)(H,34,35). The smallest absolute Gasteiger partial charge is 0.256 e. The van der Waals surface area contributed by atoms with Crippen LogP contribution in [0.2, 0.25) is 5.02 Å². The molecule has 3 aromatic rings. The van der Waals surface area contributed by atoms with Gasteiger partial charge in [-0.2, -0.15) is 0 Å². The third kappa shape index (κ3) is 4.70. The Morgan fingerprint density at radius 1 is 0.944 bits per heavy atom. The summed E-state index contributed by atoms with van der Waals surface area (Å²) in [6, 6.07) is 7.81. The molecule has 0 heterocycles. The SMILES string of the molecule is Cc1c(F)cc(NC(=O)C2C(c3ccc(F)c(Cl)c3)C2(Cl)Cl)cc1C(=O)Nc1ccc(F)c(N)c1F. The fraction of sp³-hybridized carbons (Fsp3) is 0.167. The Morgan fingerprint density at radius 2 is 1.61 bits per heavy atom. The number of hydrogen-bond donors (Lipinski definition) is 3. The van der Waals surface area contributed by atoms with Crippen molar-refractivity contribution < 1.29 is 27.2 Å². The molecule has 0 saturated heterocycles. The Hall–Kier alpha value is -3.01.